The van der Waals surface area contributed by atoms with Crippen LogP contribution in [0.1, 0.15) is 44.4 Å². The predicted molar refractivity (Wildman–Crippen MR) is 157 cm³/mol. The highest BCUT2D eigenvalue weighted by Gasteiger charge is 2.19. The van der Waals surface area contributed by atoms with Gasteiger partial charge in [0.2, 0.25) is 0 Å². The summed E-state index contributed by atoms with van der Waals surface area (Å²) < 4.78 is 2.11. The first-order chi connectivity index (χ1) is 18.8. The molecule has 1 aliphatic carbocycles. The maximum Gasteiger partial charge on any atom is 0.165 e. The molecule has 0 radical (unpaired) electrons. The topological polar surface area (TPSA) is 84.9 Å². The van der Waals surface area contributed by atoms with Gasteiger partial charge in [-0.25, -0.2) is 15.0 Å². The SMILES string of the molecule is CC.Nc1ncccc1-c1nc2ccc(C3=CCCC=C3)nc2n1-c1ccc(CN2CCCNCC2)cc1. The van der Waals surface area contributed by atoms with Crippen molar-refractivity contribution >= 4 is 22.6 Å². The van der Waals surface area contributed by atoms with E-state index in [1.165, 1.54) is 12.0 Å². The Bertz CT molecular complexity index is 1420. The van der Waals surface area contributed by atoms with Crippen LogP contribution in [0.3, 0.4) is 0 Å². The zero-order valence-corrected chi connectivity index (χ0v) is 22.4. The van der Waals surface area contributed by atoms with Crippen molar-refractivity contribution < 1.29 is 0 Å². The number of nitrogen functional groups attached to an aromatic ring is 1. The van der Waals surface area contributed by atoms with Crippen molar-refractivity contribution in [3.63, 3.8) is 0 Å². The Morgan fingerprint density at radius 1 is 0.947 bits per heavy atom. The molecule has 0 amide bonds. The number of benzene rings is 1. The quantitative estimate of drug-likeness (QED) is 0.365. The number of anilines is 1. The molecule has 0 saturated carbocycles. The van der Waals surface area contributed by atoms with Gasteiger partial charge >= 0.3 is 0 Å². The van der Waals surface area contributed by atoms with Crippen LogP contribution in [0.2, 0.25) is 0 Å². The van der Waals surface area contributed by atoms with Crippen molar-refractivity contribution in [1.82, 2.24) is 29.7 Å². The number of hydrogen-bond acceptors (Lipinski definition) is 6. The third-order valence-corrected chi connectivity index (χ3v) is 6.91. The highest BCUT2D eigenvalue weighted by molar-refractivity contribution is 5.85. The molecule has 38 heavy (non-hydrogen) atoms. The van der Waals surface area contributed by atoms with Crippen LogP contribution in [0.5, 0.6) is 0 Å². The summed E-state index contributed by atoms with van der Waals surface area (Å²) in [4.78, 5) is 16.9. The molecule has 1 aliphatic heterocycles. The molecule has 2 aliphatic rings. The molecule has 1 fully saturated rings. The molecule has 1 aromatic carbocycles. The molecule has 3 aromatic heterocycles. The smallest absolute Gasteiger partial charge is 0.165 e. The Balaban J connectivity index is 0.00000144. The molecule has 7 nitrogen and oxygen atoms in total. The molecule has 1 saturated heterocycles. The maximum absolute atomic E-state index is 6.30. The number of rotatable bonds is 5. The van der Waals surface area contributed by atoms with Gasteiger partial charge in [0.25, 0.3) is 0 Å². The first-order valence-corrected chi connectivity index (χ1v) is 13.8. The fraction of sp³-hybridized carbons (Fsp3) is 0.323. The number of imidazole rings is 1. The number of hydrogen-bond donors (Lipinski definition) is 2. The first-order valence-electron chi connectivity index (χ1n) is 13.8. The number of nitrogens with two attached hydrogens (primary N) is 1. The minimum atomic E-state index is 0.457. The van der Waals surface area contributed by atoms with Crippen molar-refractivity contribution in [2.75, 3.05) is 31.9 Å². The average Bonchev–Trinajstić information content (AvgIpc) is 3.15. The third kappa shape index (κ3) is 5.54. The standard InChI is InChI=1S/C29H31N7.C2H6/c30-27-24(8-4-16-32-27)28-34-26-14-13-25(22-6-2-1-3-7-22)33-29(26)36(28)23-11-9-21(10-12-23)20-35-18-5-15-31-17-19-35;1-2/h2,4,6-14,16,31H,1,3,5,15,17-20H2,(H2,30,32);1-2H3. The van der Waals surface area contributed by atoms with Gasteiger partial charge in [0.15, 0.2) is 11.5 Å². The van der Waals surface area contributed by atoms with E-state index >= 15 is 0 Å². The van der Waals surface area contributed by atoms with Crippen LogP contribution in [0, 0.1) is 0 Å². The summed E-state index contributed by atoms with van der Waals surface area (Å²) >= 11 is 0. The number of fused-ring (bicyclic) bond motifs is 1. The summed E-state index contributed by atoms with van der Waals surface area (Å²) in [7, 11) is 0. The van der Waals surface area contributed by atoms with Crippen molar-refractivity contribution in [2.45, 2.75) is 39.7 Å². The Hall–Kier alpha value is -3.81. The molecule has 3 N–H and O–H groups in total. The van der Waals surface area contributed by atoms with E-state index in [0.717, 1.165) is 85.1 Å². The van der Waals surface area contributed by atoms with Crippen molar-refractivity contribution in [3.8, 4) is 17.1 Å². The van der Waals surface area contributed by atoms with Crippen molar-refractivity contribution in [1.29, 1.82) is 0 Å². The summed E-state index contributed by atoms with van der Waals surface area (Å²) in [6.45, 7) is 9.31. The van der Waals surface area contributed by atoms with Crippen LogP contribution in [0.25, 0.3) is 33.8 Å². The van der Waals surface area contributed by atoms with E-state index in [1.807, 2.05) is 26.0 Å². The van der Waals surface area contributed by atoms with E-state index in [-0.39, 0.29) is 0 Å². The molecule has 6 rings (SSSR count). The van der Waals surface area contributed by atoms with Gasteiger partial charge in [-0.1, -0.05) is 44.2 Å². The van der Waals surface area contributed by atoms with Gasteiger partial charge in [-0.3, -0.25) is 9.47 Å². The number of nitrogens with one attached hydrogen (secondary N) is 1. The Kier molecular flexibility index (Phi) is 8.26. The van der Waals surface area contributed by atoms with Gasteiger partial charge in [0, 0.05) is 31.5 Å². The van der Waals surface area contributed by atoms with Crippen LogP contribution in [0.15, 0.2) is 73.0 Å². The average molecular weight is 508 g/mol. The van der Waals surface area contributed by atoms with Gasteiger partial charge in [0.1, 0.15) is 11.3 Å². The van der Waals surface area contributed by atoms with Crippen LogP contribution >= 0.6 is 0 Å². The lowest BCUT2D eigenvalue weighted by Crippen LogP contribution is -2.27. The summed E-state index contributed by atoms with van der Waals surface area (Å²) in [6, 6.07) is 16.7. The highest BCUT2D eigenvalue weighted by atomic mass is 15.2. The molecule has 0 unspecified atom stereocenters. The number of allylic oxidation sites excluding steroid dienone is 4. The zero-order chi connectivity index (χ0) is 26.3. The Labute approximate surface area is 225 Å². The van der Waals surface area contributed by atoms with E-state index in [4.69, 9.17) is 15.7 Å². The monoisotopic (exact) mass is 507 g/mol. The minimum Gasteiger partial charge on any atom is -0.383 e. The Morgan fingerprint density at radius 2 is 1.82 bits per heavy atom. The van der Waals surface area contributed by atoms with E-state index < -0.39 is 0 Å². The van der Waals surface area contributed by atoms with E-state index in [0.29, 0.717) is 5.82 Å². The van der Waals surface area contributed by atoms with Gasteiger partial charge in [-0.15, -0.1) is 0 Å². The molecule has 4 heterocycles. The molecular weight excluding hydrogens is 470 g/mol. The van der Waals surface area contributed by atoms with Crippen molar-refractivity contribution in [2.24, 2.45) is 0 Å². The lowest BCUT2D eigenvalue weighted by Gasteiger charge is -2.19. The first kappa shape index (κ1) is 25.8. The van der Waals surface area contributed by atoms with Gasteiger partial charge < -0.3 is 11.1 Å². The van der Waals surface area contributed by atoms with Gasteiger partial charge in [0.05, 0.1) is 11.3 Å². The van der Waals surface area contributed by atoms with Gasteiger partial charge in [-0.2, -0.15) is 0 Å². The highest BCUT2D eigenvalue weighted by Crippen LogP contribution is 2.31. The second-order valence-electron chi connectivity index (χ2n) is 9.43. The third-order valence-electron chi connectivity index (χ3n) is 6.91. The zero-order valence-electron chi connectivity index (χ0n) is 22.4. The lowest BCUT2D eigenvalue weighted by molar-refractivity contribution is 0.284. The molecule has 0 atom stereocenters. The molecule has 4 aromatic rings. The number of aromatic nitrogens is 4. The molecule has 0 bridgehead atoms. The molecular formula is C31H37N7. The number of pyridine rings is 2. The summed E-state index contributed by atoms with van der Waals surface area (Å²) in [5, 5.41) is 3.48. The normalized spacial score (nSPS) is 16.0. The molecule has 7 heteroatoms. The molecule has 0 spiro atoms. The fourth-order valence-electron chi connectivity index (χ4n) is 5.02. The second-order valence-corrected chi connectivity index (χ2v) is 9.43. The minimum absolute atomic E-state index is 0.457. The largest absolute Gasteiger partial charge is 0.383 e. The predicted octanol–water partition coefficient (Wildman–Crippen LogP) is 5.62. The molecule has 196 valence electrons. The van der Waals surface area contributed by atoms with E-state index in [9.17, 15) is 0 Å². The summed E-state index contributed by atoms with van der Waals surface area (Å²) in [6.07, 6.45) is 11.6. The Morgan fingerprint density at radius 3 is 2.61 bits per heavy atom. The second kappa shape index (κ2) is 12.2. The van der Waals surface area contributed by atoms with Gasteiger partial charge in [-0.05, 0) is 79.9 Å². The fourth-order valence-corrected chi connectivity index (χ4v) is 5.02. The number of nitrogens with zero attached hydrogens (tertiary/aromatic N) is 5. The summed E-state index contributed by atoms with van der Waals surface area (Å²) in [5.74, 6) is 1.21. The van der Waals surface area contributed by atoms with Crippen LogP contribution in [-0.4, -0.2) is 50.6 Å². The van der Waals surface area contributed by atoms with E-state index in [2.05, 4.69) is 74.4 Å². The summed E-state index contributed by atoms with van der Waals surface area (Å²) in [5.41, 5.74) is 13.2. The van der Waals surface area contributed by atoms with Crippen LogP contribution < -0.4 is 11.1 Å². The lowest BCUT2D eigenvalue weighted by atomic mass is 10.0. The van der Waals surface area contributed by atoms with Crippen LogP contribution in [0.4, 0.5) is 5.82 Å². The van der Waals surface area contributed by atoms with Crippen molar-refractivity contribution in [3.05, 3.63) is 84.2 Å². The van der Waals surface area contributed by atoms with Crippen LogP contribution in [-0.2, 0) is 6.54 Å². The maximum atomic E-state index is 6.30. The van der Waals surface area contributed by atoms with E-state index in [1.54, 1.807) is 6.20 Å².